The summed E-state index contributed by atoms with van der Waals surface area (Å²) in [5, 5.41) is 0. The van der Waals surface area contributed by atoms with Gasteiger partial charge in [0.1, 0.15) is 0 Å². The predicted molar refractivity (Wildman–Crippen MR) is 55.6 cm³/mol. The van der Waals surface area contributed by atoms with Gasteiger partial charge in [-0.1, -0.05) is 13.8 Å². The van der Waals surface area contributed by atoms with E-state index in [2.05, 4.69) is 20.8 Å². The summed E-state index contributed by atoms with van der Waals surface area (Å²) >= 11 is 0. The summed E-state index contributed by atoms with van der Waals surface area (Å²) in [5.41, 5.74) is 5.93. The Balaban J connectivity index is 2.22. The summed E-state index contributed by atoms with van der Waals surface area (Å²) in [4.78, 5) is 0. The third-order valence-corrected chi connectivity index (χ3v) is 2.71. The van der Waals surface area contributed by atoms with Gasteiger partial charge in [0.15, 0.2) is 0 Å². The van der Waals surface area contributed by atoms with E-state index in [0.717, 1.165) is 19.3 Å². The molecule has 3 unspecified atom stereocenters. The molecule has 1 aliphatic rings. The Labute approximate surface area is 81.8 Å². The van der Waals surface area contributed by atoms with Crippen LogP contribution in [0.4, 0.5) is 0 Å². The lowest BCUT2D eigenvalue weighted by atomic mass is 10.1. The second-order valence-corrected chi connectivity index (χ2v) is 4.71. The molecule has 2 N–H and O–H groups in total. The average Bonchev–Trinajstić information content (AvgIpc) is 2.34. The SMILES string of the molecule is CC(C)CC(C)OC1CCCC1N. The molecule has 2 heteroatoms. The molecule has 0 saturated heterocycles. The molecule has 13 heavy (non-hydrogen) atoms. The lowest BCUT2D eigenvalue weighted by Gasteiger charge is -2.22. The lowest BCUT2D eigenvalue weighted by Crippen LogP contribution is -2.34. The van der Waals surface area contributed by atoms with E-state index >= 15 is 0 Å². The third kappa shape index (κ3) is 3.65. The van der Waals surface area contributed by atoms with E-state index in [-0.39, 0.29) is 6.04 Å². The van der Waals surface area contributed by atoms with Crippen LogP contribution in [0.2, 0.25) is 0 Å². The van der Waals surface area contributed by atoms with Crippen LogP contribution in [0.3, 0.4) is 0 Å². The monoisotopic (exact) mass is 185 g/mol. The highest BCUT2D eigenvalue weighted by Gasteiger charge is 2.26. The van der Waals surface area contributed by atoms with Gasteiger partial charge in [-0.05, 0) is 38.5 Å². The van der Waals surface area contributed by atoms with E-state index in [0.29, 0.717) is 18.1 Å². The number of hydrogen-bond acceptors (Lipinski definition) is 2. The Morgan fingerprint density at radius 1 is 1.31 bits per heavy atom. The van der Waals surface area contributed by atoms with Crippen LogP contribution in [0.5, 0.6) is 0 Å². The van der Waals surface area contributed by atoms with Crippen LogP contribution in [-0.2, 0) is 4.74 Å². The highest BCUT2D eigenvalue weighted by Crippen LogP contribution is 2.23. The van der Waals surface area contributed by atoms with Crippen LogP contribution in [0.1, 0.15) is 46.5 Å². The molecule has 1 rings (SSSR count). The number of ether oxygens (including phenoxy) is 1. The maximum absolute atomic E-state index is 5.93. The molecule has 1 fully saturated rings. The predicted octanol–water partition coefficient (Wildman–Crippen LogP) is 2.32. The lowest BCUT2D eigenvalue weighted by molar-refractivity contribution is -0.0150. The molecule has 0 amide bonds. The van der Waals surface area contributed by atoms with Gasteiger partial charge >= 0.3 is 0 Å². The highest BCUT2D eigenvalue weighted by atomic mass is 16.5. The first-order valence-electron chi connectivity index (χ1n) is 5.50. The van der Waals surface area contributed by atoms with Crippen molar-refractivity contribution in [2.24, 2.45) is 11.7 Å². The summed E-state index contributed by atoms with van der Waals surface area (Å²) in [6.45, 7) is 6.62. The zero-order valence-corrected chi connectivity index (χ0v) is 9.12. The standard InChI is InChI=1S/C11H23NO/c1-8(2)7-9(3)13-11-6-4-5-10(11)12/h8-11H,4-7,12H2,1-3H3. The second-order valence-electron chi connectivity index (χ2n) is 4.71. The molecule has 0 aliphatic heterocycles. The Morgan fingerprint density at radius 2 is 2.00 bits per heavy atom. The minimum Gasteiger partial charge on any atom is -0.374 e. The second kappa shape index (κ2) is 4.97. The summed E-state index contributed by atoms with van der Waals surface area (Å²) < 4.78 is 5.91. The quantitative estimate of drug-likeness (QED) is 0.729. The van der Waals surface area contributed by atoms with Gasteiger partial charge in [0.05, 0.1) is 12.2 Å². The molecule has 3 atom stereocenters. The van der Waals surface area contributed by atoms with Crippen molar-refractivity contribution in [2.75, 3.05) is 0 Å². The van der Waals surface area contributed by atoms with Gasteiger partial charge in [-0.3, -0.25) is 0 Å². The molecule has 0 heterocycles. The topological polar surface area (TPSA) is 35.2 Å². The van der Waals surface area contributed by atoms with E-state index in [1.54, 1.807) is 0 Å². The van der Waals surface area contributed by atoms with Crippen LogP contribution >= 0.6 is 0 Å². The molecule has 0 aromatic carbocycles. The van der Waals surface area contributed by atoms with Crippen molar-refractivity contribution in [3.63, 3.8) is 0 Å². The first-order valence-corrected chi connectivity index (χ1v) is 5.50. The number of rotatable bonds is 4. The Kier molecular flexibility index (Phi) is 4.20. The van der Waals surface area contributed by atoms with Gasteiger partial charge in [0.25, 0.3) is 0 Å². The van der Waals surface area contributed by atoms with E-state index in [4.69, 9.17) is 10.5 Å². The molecule has 78 valence electrons. The van der Waals surface area contributed by atoms with Gasteiger partial charge in [-0.15, -0.1) is 0 Å². The largest absolute Gasteiger partial charge is 0.374 e. The fraction of sp³-hybridized carbons (Fsp3) is 1.00. The van der Waals surface area contributed by atoms with Crippen molar-refractivity contribution in [3.05, 3.63) is 0 Å². The maximum Gasteiger partial charge on any atom is 0.0729 e. The van der Waals surface area contributed by atoms with Crippen LogP contribution in [0, 0.1) is 5.92 Å². The molecule has 0 bridgehead atoms. The van der Waals surface area contributed by atoms with E-state index in [1.165, 1.54) is 6.42 Å². The summed E-state index contributed by atoms with van der Waals surface area (Å²) in [6, 6.07) is 0.287. The van der Waals surface area contributed by atoms with Crippen LogP contribution in [-0.4, -0.2) is 18.2 Å². The summed E-state index contributed by atoms with van der Waals surface area (Å²) in [7, 11) is 0. The molecule has 2 nitrogen and oxygen atoms in total. The van der Waals surface area contributed by atoms with E-state index < -0.39 is 0 Å². The van der Waals surface area contributed by atoms with Crippen LogP contribution in [0.15, 0.2) is 0 Å². The van der Waals surface area contributed by atoms with Crippen molar-refractivity contribution in [3.8, 4) is 0 Å². The van der Waals surface area contributed by atoms with Crippen LogP contribution < -0.4 is 5.73 Å². The van der Waals surface area contributed by atoms with E-state index in [1.807, 2.05) is 0 Å². The number of hydrogen-bond donors (Lipinski definition) is 1. The van der Waals surface area contributed by atoms with Crippen molar-refractivity contribution in [1.82, 2.24) is 0 Å². The van der Waals surface area contributed by atoms with Gasteiger partial charge in [-0.2, -0.15) is 0 Å². The fourth-order valence-corrected chi connectivity index (χ4v) is 2.14. The van der Waals surface area contributed by atoms with Crippen molar-refractivity contribution in [2.45, 2.75) is 64.7 Å². The molecule has 1 saturated carbocycles. The minimum absolute atomic E-state index is 0.287. The molecular formula is C11H23NO. The van der Waals surface area contributed by atoms with Gasteiger partial charge in [0.2, 0.25) is 0 Å². The molecule has 0 spiro atoms. The minimum atomic E-state index is 0.287. The summed E-state index contributed by atoms with van der Waals surface area (Å²) in [5.74, 6) is 0.715. The van der Waals surface area contributed by atoms with Gasteiger partial charge < -0.3 is 10.5 Å². The van der Waals surface area contributed by atoms with E-state index in [9.17, 15) is 0 Å². The van der Waals surface area contributed by atoms with Crippen molar-refractivity contribution in [1.29, 1.82) is 0 Å². The molecule has 0 aromatic heterocycles. The molecule has 0 aromatic rings. The van der Waals surface area contributed by atoms with Gasteiger partial charge in [-0.25, -0.2) is 0 Å². The molecule has 1 aliphatic carbocycles. The van der Waals surface area contributed by atoms with Gasteiger partial charge in [0, 0.05) is 6.04 Å². The Morgan fingerprint density at radius 3 is 2.46 bits per heavy atom. The number of nitrogens with two attached hydrogens (primary N) is 1. The molecule has 0 radical (unpaired) electrons. The normalized spacial score (nSPS) is 31.2. The zero-order chi connectivity index (χ0) is 9.84. The summed E-state index contributed by atoms with van der Waals surface area (Å²) in [6.07, 6.45) is 5.37. The van der Waals surface area contributed by atoms with Crippen LogP contribution in [0.25, 0.3) is 0 Å². The molecular weight excluding hydrogens is 162 g/mol. The smallest absolute Gasteiger partial charge is 0.0729 e. The Bertz CT molecular complexity index is 147. The average molecular weight is 185 g/mol. The Hall–Kier alpha value is -0.0800. The first kappa shape index (κ1) is 11.0. The van der Waals surface area contributed by atoms with Crippen molar-refractivity contribution < 1.29 is 4.74 Å². The maximum atomic E-state index is 5.93. The zero-order valence-electron chi connectivity index (χ0n) is 9.12. The van der Waals surface area contributed by atoms with Crippen molar-refractivity contribution >= 4 is 0 Å². The first-order chi connectivity index (χ1) is 6.09. The highest BCUT2D eigenvalue weighted by molar-refractivity contribution is 4.81. The third-order valence-electron chi connectivity index (χ3n) is 2.71. The fourth-order valence-electron chi connectivity index (χ4n) is 2.14.